The average molecular weight is 760 g/mol. The van der Waals surface area contributed by atoms with Crippen molar-refractivity contribution in [1.29, 1.82) is 0 Å². The van der Waals surface area contributed by atoms with Crippen molar-refractivity contribution in [2.75, 3.05) is 12.3 Å². The van der Waals surface area contributed by atoms with E-state index in [2.05, 4.69) is 92.3 Å². The van der Waals surface area contributed by atoms with Crippen LogP contribution in [0, 0.1) is 10.7 Å². The van der Waals surface area contributed by atoms with Gasteiger partial charge in [-0.3, -0.25) is 9.35 Å². The Kier molecular flexibility index (Phi) is 9.21. The van der Waals surface area contributed by atoms with Crippen molar-refractivity contribution in [3.63, 3.8) is 0 Å². The molecule has 10 heteroatoms. The lowest BCUT2D eigenvalue weighted by atomic mass is 9.76. The highest BCUT2D eigenvalue weighted by atomic mass is 127. The van der Waals surface area contributed by atoms with Gasteiger partial charge in [-0.15, -0.1) is 0 Å². The van der Waals surface area contributed by atoms with Gasteiger partial charge < -0.3 is 5.11 Å². The van der Waals surface area contributed by atoms with Gasteiger partial charge in [-0.1, -0.05) is 12.8 Å². The number of fused-ring (bicyclic) bond motifs is 1. The van der Waals surface area contributed by atoms with Crippen molar-refractivity contribution in [3.05, 3.63) is 22.3 Å². The van der Waals surface area contributed by atoms with E-state index in [1.54, 1.807) is 0 Å². The fraction of sp³-hybridized carbons (Fsp3) is 0.579. The summed E-state index contributed by atoms with van der Waals surface area (Å²) in [4.78, 5) is 10.8. The molecule has 6 nitrogen and oxygen atoms in total. The first-order chi connectivity index (χ1) is 13.4. The number of hydrogen-bond acceptors (Lipinski definition) is 3. The molecule has 1 atom stereocenters. The van der Waals surface area contributed by atoms with Crippen LogP contribution in [0.4, 0.5) is 5.69 Å². The van der Waals surface area contributed by atoms with E-state index >= 15 is 0 Å². The molecule has 1 unspecified atom stereocenters. The summed E-state index contributed by atoms with van der Waals surface area (Å²) in [6, 6.07) is 2.16. The quantitative estimate of drug-likeness (QED) is 0.113. The van der Waals surface area contributed by atoms with Crippen LogP contribution in [0.1, 0.15) is 57.9 Å². The van der Waals surface area contributed by atoms with E-state index in [-0.39, 0.29) is 17.6 Å². The molecule has 1 aromatic rings. The minimum atomic E-state index is -3.98. The van der Waals surface area contributed by atoms with Crippen molar-refractivity contribution in [2.45, 2.75) is 57.8 Å². The first-order valence-corrected chi connectivity index (χ1v) is 14.2. The molecule has 1 aliphatic heterocycles. The molecule has 0 saturated heterocycles. The van der Waals surface area contributed by atoms with Crippen LogP contribution in [0.5, 0.6) is 0 Å². The molecule has 0 bridgehead atoms. The summed E-state index contributed by atoms with van der Waals surface area (Å²) < 4.78 is 37.2. The SMILES string of the molecule is CC1=[N+](CCCS(=O)(=O)O)c2cc(I)c(I)c(I)c2C1(C)CCCCCC(=O)O. The Labute approximate surface area is 213 Å². The van der Waals surface area contributed by atoms with Crippen LogP contribution in [0.15, 0.2) is 6.07 Å². The van der Waals surface area contributed by atoms with Crippen LogP contribution >= 0.6 is 67.8 Å². The highest BCUT2D eigenvalue weighted by molar-refractivity contribution is 14.1. The van der Waals surface area contributed by atoms with E-state index in [9.17, 15) is 13.2 Å². The summed E-state index contributed by atoms with van der Waals surface area (Å²) in [5.74, 6) is -1.01. The Balaban J connectivity index is 2.34. The maximum absolute atomic E-state index is 11.1. The Morgan fingerprint density at radius 1 is 1.14 bits per heavy atom. The van der Waals surface area contributed by atoms with E-state index in [0.717, 1.165) is 28.5 Å². The Morgan fingerprint density at radius 3 is 2.38 bits per heavy atom. The molecule has 1 heterocycles. The molecule has 0 radical (unpaired) electrons. The van der Waals surface area contributed by atoms with Crippen LogP contribution in [-0.2, 0) is 20.3 Å². The zero-order valence-corrected chi connectivity index (χ0v) is 23.6. The fourth-order valence-corrected chi connectivity index (χ4v) is 7.07. The molecule has 1 aliphatic rings. The zero-order valence-electron chi connectivity index (χ0n) is 16.3. The van der Waals surface area contributed by atoms with Gasteiger partial charge in [0, 0.05) is 36.5 Å². The van der Waals surface area contributed by atoms with Gasteiger partial charge in [0.15, 0.2) is 5.71 Å². The molecular weight excluding hydrogens is 735 g/mol. The second-order valence-electron chi connectivity index (χ2n) is 7.54. The largest absolute Gasteiger partial charge is 0.481 e. The fourth-order valence-electron chi connectivity index (χ4n) is 3.91. The first-order valence-electron chi connectivity index (χ1n) is 9.35. The number of aliphatic carboxylic acids is 1. The Morgan fingerprint density at radius 2 is 1.79 bits per heavy atom. The third-order valence-electron chi connectivity index (χ3n) is 5.54. The van der Waals surface area contributed by atoms with Gasteiger partial charge in [0.1, 0.15) is 6.54 Å². The first kappa shape index (κ1) is 25.7. The molecule has 2 rings (SSSR count). The van der Waals surface area contributed by atoms with E-state index in [4.69, 9.17) is 9.66 Å². The summed E-state index contributed by atoms with van der Waals surface area (Å²) in [7, 11) is -3.98. The maximum Gasteiger partial charge on any atom is 0.303 e. The molecule has 0 saturated carbocycles. The van der Waals surface area contributed by atoms with Gasteiger partial charge in [-0.25, -0.2) is 0 Å². The number of carboxylic acids is 1. The topological polar surface area (TPSA) is 94.7 Å². The molecule has 29 heavy (non-hydrogen) atoms. The molecule has 0 amide bonds. The maximum atomic E-state index is 11.1. The summed E-state index contributed by atoms with van der Waals surface area (Å²) >= 11 is 7.10. The second-order valence-corrected chi connectivity index (χ2v) is 12.4. The van der Waals surface area contributed by atoms with Gasteiger partial charge >= 0.3 is 5.97 Å². The molecule has 1 aromatic carbocycles. The number of rotatable bonds is 10. The standard InChI is InChI=1S/C19H24I3NO5S/c1-12-19(2,8-5-3-4-7-15(24)25)16-14(11-13(20)17(21)18(16)22)23(12)9-6-10-29(26,27)28/h11H,3-10H2,1-2H3,(H-,24,25,26,27,28)/p+1. The van der Waals surface area contributed by atoms with Gasteiger partial charge in [-0.05, 0) is 87.5 Å². The lowest BCUT2D eigenvalue weighted by Gasteiger charge is -2.24. The second kappa shape index (κ2) is 10.4. The van der Waals surface area contributed by atoms with E-state index in [1.807, 2.05) is 0 Å². The lowest BCUT2D eigenvalue weighted by molar-refractivity contribution is -0.439. The molecule has 2 N–H and O–H groups in total. The molecule has 0 spiro atoms. The zero-order chi connectivity index (χ0) is 22.0. The Bertz CT molecular complexity index is 946. The van der Waals surface area contributed by atoms with Crippen molar-refractivity contribution < 1.29 is 27.4 Å². The summed E-state index contributed by atoms with van der Waals surface area (Å²) in [6.45, 7) is 4.85. The lowest BCUT2D eigenvalue weighted by Crippen LogP contribution is -2.31. The van der Waals surface area contributed by atoms with Crippen molar-refractivity contribution in [2.24, 2.45) is 0 Å². The summed E-state index contributed by atoms with van der Waals surface area (Å²) in [5.41, 5.74) is 3.37. The van der Waals surface area contributed by atoms with Crippen LogP contribution in [0.3, 0.4) is 0 Å². The van der Waals surface area contributed by atoms with Gasteiger partial charge in [0.2, 0.25) is 5.69 Å². The average Bonchev–Trinajstić information content (AvgIpc) is 2.80. The van der Waals surface area contributed by atoms with Gasteiger partial charge in [0.05, 0.1) is 16.7 Å². The molecule has 0 fully saturated rings. The van der Waals surface area contributed by atoms with E-state index in [1.165, 1.54) is 18.4 Å². The number of benzene rings is 1. The van der Waals surface area contributed by atoms with E-state index in [0.29, 0.717) is 19.4 Å². The number of hydrogen-bond donors (Lipinski definition) is 2. The van der Waals surface area contributed by atoms with Crippen molar-refractivity contribution >= 4 is 95.3 Å². The molecule has 0 aromatic heterocycles. The third kappa shape index (κ3) is 6.25. The smallest absolute Gasteiger partial charge is 0.303 e. The summed E-state index contributed by atoms with van der Waals surface area (Å²) in [6.07, 6.45) is 3.93. The van der Waals surface area contributed by atoms with Crippen LogP contribution < -0.4 is 0 Å². The van der Waals surface area contributed by atoms with Crippen LogP contribution in [0.2, 0.25) is 0 Å². The number of nitrogens with zero attached hydrogens (tertiary/aromatic N) is 1. The highest BCUT2D eigenvalue weighted by Gasteiger charge is 2.48. The third-order valence-corrected chi connectivity index (χ3v) is 11.5. The highest BCUT2D eigenvalue weighted by Crippen LogP contribution is 2.47. The van der Waals surface area contributed by atoms with Crippen LogP contribution in [-0.4, -0.2) is 46.6 Å². The molecule has 0 aliphatic carbocycles. The number of halogens is 3. The van der Waals surface area contributed by atoms with Crippen molar-refractivity contribution in [3.8, 4) is 0 Å². The normalized spacial score (nSPS) is 19.0. The number of carbonyl (C=O) groups is 1. The molecule has 162 valence electrons. The van der Waals surface area contributed by atoms with Gasteiger partial charge in [0.25, 0.3) is 10.1 Å². The van der Waals surface area contributed by atoms with E-state index < -0.39 is 16.1 Å². The van der Waals surface area contributed by atoms with Gasteiger partial charge in [-0.2, -0.15) is 13.0 Å². The minimum Gasteiger partial charge on any atom is -0.481 e. The minimum absolute atomic E-state index is 0.183. The predicted molar refractivity (Wildman–Crippen MR) is 139 cm³/mol. The number of unbranched alkanes of at least 4 members (excludes halogenated alkanes) is 2. The van der Waals surface area contributed by atoms with Crippen LogP contribution in [0.25, 0.3) is 0 Å². The number of carboxylic acid groups (broad SMARTS) is 1. The monoisotopic (exact) mass is 760 g/mol. The molecular formula is C19H25I3NO5S+. The van der Waals surface area contributed by atoms with Crippen molar-refractivity contribution in [1.82, 2.24) is 0 Å². The summed E-state index contributed by atoms with van der Waals surface area (Å²) in [5, 5.41) is 8.84. The predicted octanol–water partition coefficient (Wildman–Crippen LogP) is 5.19. The Hall–Kier alpha value is 0.460.